The molecule has 0 bridgehead atoms. The van der Waals surface area contributed by atoms with Gasteiger partial charge < -0.3 is 9.88 Å². The Bertz CT molecular complexity index is 165. The number of H-pyrrole nitrogens is 1. The van der Waals surface area contributed by atoms with Gasteiger partial charge in [-0.05, 0) is 13.8 Å². The highest BCUT2D eigenvalue weighted by Crippen LogP contribution is 2.05. The average Bonchev–Trinajstić information content (AvgIpc) is 2.43. The lowest BCUT2D eigenvalue weighted by atomic mass is 10.5. The number of anilines is 1. The lowest BCUT2D eigenvalue weighted by Gasteiger charge is -2.17. The van der Waals surface area contributed by atoms with Crippen LogP contribution in [0.15, 0.2) is 12.5 Å². The van der Waals surface area contributed by atoms with Crippen LogP contribution in [0.25, 0.3) is 0 Å². The molecule has 3 heteroatoms. The van der Waals surface area contributed by atoms with Gasteiger partial charge in [0.05, 0.1) is 12.5 Å². The molecule has 0 fully saturated rings. The van der Waals surface area contributed by atoms with E-state index in [2.05, 4.69) is 28.7 Å². The van der Waals surface area contributed by atoms with Gasteiger partial charge in [-0.25, -0.2) is 4.98 Å². The fraction of sp³-hybridized carbons (Fsp3) is 0.571. The minimum atomic E-state index is 1.03. The van der Waals surface area contributed by atoms with Crippen LogP contribution >= 0.6 is 0 Å². The number of nitrogens with zero attached hydrogens (tertiary/aromatic N) is 2. The Balaban J connectivity index is 2.64. The van der Waals surface area contributed by atoms with Crippen molar-refractivity contribution in [3.8, 4) is 0 Å². The molecule has 0 unspecified atom stereocenters. The van der Waals surface area contributed by atoms with Crippen LogP contribution in [0.4, 0.5) is 5.82 Å². The molecular weight excluding hydrogens is 126 g/mol. The lowest BCUT2D eigenvalue weighted by Crippen LogP contribution is -2.21. The maximum Gasteiger partial charge on any atom is 0.125 e. The van der Waals surface area contributed by atoms with Crippen LogP contribution in [0.2, 0.25) is 0 Å². The highest BCUT2D eigenvalue weighted by atomic mass is 15.2. The molecule has 1 aromatic rings. The minimum absolute atomic E-state index is 1.03. The fourth-order valence-corrected chi connectivity index (χ4v) is 0.986. The first-order chi connectivity index (χ1) is 4.88. The zero-order valence-electron chi connectivity index (χ0n) is 6.46. The Labute approximate surface area is 61.1 Å². The first-order valence-corrected chi connectivity index (χ1v) is 3.61. The van der Waals surface area contributed by atoms with Gasteiger partial charge in [0.25, 0.3) is 0 Å². The summed E-state index contributed by atoms with van der Waals surface area (Å²) in [5.41, 5.74) is 0. The van der Waals surface area contributed by atoms with Gasteiger partial charge in [0, 0.05) is 13.1 Å². The largest absolute Gasteiger partial charge is 0.357 e. The summed E-state index contributed by atoms with van der Waals surface area (Å²) >= 11 is 0. The third-order valence-electron chi connectivity index (χ3n) is 1.59. The average molecular weight is 139 g/mol. The van der Waals surface area contributed by atoms with Gasteiger partial charge >= 0.3 is 0 Å². The number of hydrogen-bond donors (Lipinski definition) is 1. The summed E-state index contributed by atoms with van der Waals surface area (Å²) in [5.74, 6) is 1.10. The highest BCUT2D eigenvalue weighted by Gasteiger charge is 1.99. The van der Waals surface area contributed by atoms with Crippen LogP contribution in [0.5, 0.6) is 0 Å². The van der Waals surface area contributed by atoms with Gasteiger partial charge in [-0.1, -0.05) is 0 Å². The molecule has 0 aliphatic rings. The molecule has 1 heterocycles. The normalized spacial score (nSPS) is 9.80. The van der Waals surface area contributed by atoms with Crippen LogP contribution in [-0.4, -0.2) is 23.1 Å². The van der Waals surface area contributed by atoms with Crippen LogP contribution in [-0.2, 0) is 0 Å². The van der Waals surface area contributed by atoms with E-state index >= 15 is 0 Å². The van der Waals surface area contributed by atoms with E-state index in [9.17, 15) is 0 Å². The molecule has 0 radical (unpaired) electrons. The Hall–Kier alpha value is -0.990. The van der Waals surface area contributed by atoms with E-state index in [1.807, 2.05) is 6.20 Å². The zero-order valence-corrected chi connectivity index (χ0v) is 6.46. The first-order valence-electron chi connectivity index (χ1n) is 3.61. The van der Waals surface area contributed by atoms with E-state index in [0.717, 1.165) is 18.9 Å². The predicted octanol–water partition coefficient (Wildman–Crippen LogP) is 1.26. The standard InChI is InChI=1S/C7H13N3/c1-3-10(4-2)7-5-8-6-9-7/h5-6H,3-4H2,1-2H3,(H,8,9). The van der Waals surface area contributed by atoms with E-state index in [0.29, 0.717) is 0 Å². The monoisotopic (exact) mass is 139 g/mol. The second-order valence-electron chi connectivity index (χ2n) is 2.11. The van der Waals surface area contributed by atoms with Crippen LogP contribution in [0.1, 0.15) is 13.8 Å². The van der Waals surface area contributed by atoms with E-state index < -0.39 is 0 Å². The number of imidazole rings is 1. The van der Waals surface area contributed by atoms with Gasteiger partial charge in [0.2, 0.25) is 0 Å². The molecule has 0 aromatic carbocycles. The van der Waals surface area contributed by atoms with Crippen molar-refractivity contribution in [1.29, 1.82) is 0 Å². The topological polar surface area (TPSA) is 31.9 Å². The van der Waals surface area contributed by atoms with Crippen molar-refractivity contribution in [3.63, 3.8) is 0 Å². The summed E-state index contributed by atoms with van der Waals surface area (Å²) < 4.78 is 0. The van der Waals surface area contributed by atoms with E-state index in [-0.39, 0.29) is 0 Å². The van der Waals surface area contributed by atoms with Crippen LogP contribution in [0.3, 0.4) is 0 Å². The molecule has 1 aromatic heterocycles. The molecule has 0 saturated heterocycles. The summed E-state index contributed by atoms with van der Waals surface area (Å²) in [6.07, 6.45) is 3.54. The van der Waals surface area contributed by atoms with Crippen molar-refractivity contribution in [2.75, 3.05) is 18.0 Å². The van der Waals surface area contributed by atoms with Gasteiger partial charge in [-0.2, -0.15) is 0 Å². The maximum atomic E-state index is 3.94. The lowest BCUT2D eigenvalue weighted by molar-refractivity contribution is 0.851. The third kappa shape index (κ3) is 1.29. The predicted molar refractivity (Wildman–Crippen MR) is 42.1 cm³/mol. The third-order valence-corrected chi connectivity index (χ3v) is 1.59. The summed E-state index contributed by atoms with van der Waals surface area (Å²) in [6, 6.07) is 0. The highest BCUT2D eigenvalue weighted by molar-refractivity contribution is 5.34. The number of rotatable bonds is 3. The smallest absolute Gasteiger partial charge is 0.125 e. The Kier molecular flexibility index (Phi) is 2.31. The molecule has 0 amide bonds. The van der Waals surface area contributed by atoms with Crippen molar-refractivity contribution < 1.29 is 0 Å². The Morgan fingerprint density at radius 3 is 2.60 bits per heavy atom. The van der Waals surface area contributed by atoms with Crippen molar-refractivity contribution in [3.05, 3.63) is 12.5 Å². The van der Waals surface area contributed by atoms with Crippen molar-refractivity contribution in [1.82, 2.24) is 9.97 Å². The summed E-state index contributed by atoms with van der Waals surface area (Å²) in [4.78, 5) is 9.21. The number of nitrogens with one attached hydrogen (secondary N) is 1. The second-order valence-corrected chi connectivity index (χ2v) is 2.11. The van der Waals surface area contributed by atoms with Crippen molar-refractivity contribution in [2.24, 2.45) is 0 Å². The first kappa shape index (κ1) is 7.12. The zero-order chi connectivity index (χ0) is 7.40. The molecular formula is C7H13N3. The molecule has 1 rings (SSSR count). The summed E-state index contributed by atoms with van der Waals surface area (Å²) in [7, 11) is 0. The van der Waals surface area contributed by atoms with E-state index in [1.54, 1.807) is 6.33 Å². The Morgan fingerprint density at radius 2 is 2.20 bits per heavy atom. The van der Waals surface area contributed by atoms with Crippen LogP contribution < -0.4 is 4.90 Å². The Morgan fingerprint density at radius 1 is 1.50 bits per heavy atom. The molecule has 0 spiro atoms. The number of aromatic amines is 1. The minimum Gasteiger partial charge on any atom is -0.357 e. The van der Waals surface area contributed by atoms with Crippen LogP contribution in [0, 0.1) is 0 Å². The molecule has 0 atom stereocenters. The summed E-state index contributed by atoms with van der Waals surface area (Å²) in [6.45, 7) is 6.31. The molecule has 0 aliphatic heterocycles. The van der Waals surface area contributed by atoms with Gasteiger partial charge in [0.15, 0.2) is 0 Å². The molecule has 56 valence electrons. The van der Waals surface area contributed by atoms with E-state index in [4.69, 9.17) is 0 Å². The quantitative estimate of drug-likeness (QED) is 0.683. The molecule has 3 nitrogen and oxygen atoms in total. The van der Waals surface area contributed by atoms with E-state index in [1.165, 1.54) is 0 Å². The number of aromatic nitrogens is 2. The van der Waals surface area contributed by atoms with Gasteiger partial charge in [-0.15, -0.1) is 0 Å². The molecule has 10 heavy (non-hydrogen) atoms. The number of hydrogen-bond acceptors (Lipinski definition) is 2. The molecule has 0 saturated carbocycles. The van der Waals surface area contributed by atoms with Crippen molar-refractivity contribution in [2.45, 2.75) is 13.8 Å². The maximum absolute atomic E-state index is 3.94. The molecule has 0 aliphatic carbocycles. The fourth-order valence-electron chi connectivity index (χ4n) is 0.986. The summed E-state index contributed by atoms with van der Waals surface area (Å²) in [5, 5.41) is 0. The second kappa shape index (κ2) is 3.25. The SMILES string of the molecule is CCN(CC)c1cnc[nH]1. The molecule has 1 N–H and O–H groups in total. The van der Waals surface area contributed by atoms with Gasteiger partial charge in [-0.3, -0.25) is 0 Å². The van der Waals surface area contributed by atoms with Crippen molar-refractivity contribution >= 4 is 5.82 Å². The van der Waals surface area contributed by atoms with Gasteiger partial charge in [0.1, 0.15) is 5.82 Å².